The molecule has 1 amide bonds. The van der Waals surface area contributed by atoms with Gasteiger partial charge >= 0.3 is 0 Å². The molecule has 2 aromatic rings. The summed E-state index contributed by atoms with van der Waals surface area (Å²) in [6.07, 6.45) is 2.75. The van der Waals surface area contributed by atoms with E-state index in [1.54, 1.807) is 0 Å². The predicted octanol–water partition coefficient (Wildman–Crippen LogP) is 1.48. The Balaban J connectivity index is 1.51. The lowest BCUT2D eigenvalue weighted by molar-refractivity contribution is -0.123. The number of carbonyl (C=O) groups excluding carboxylic acids is 1. The molecule has 4 N–H and O–H groups in total. The van der Waals surface area contributed by atoms with E-state index in [1.165, 1.54) is 18.2 Å². The summed E-state index contributed by atoms with van der Waals surface area (Å²) in [5.74, 6) is -0.818. The number of sulfonamides is 1. The van der Waals surface area contributed by atoms with E-state index in [9.17, 15) is 17.6 Å². The number of hydrazine groups is 1. The number of carbonyl (C=O) groups is 1. The lowest BCUT2D eigenvalue weighted by atomic mass is 9.83. The first-order chi connectivity index (χ1) is 14.9. The summed E-state index contributed by atoms with van der Waals surface area (Å²) in [4.78, 5) is 12.7. The maximum absolute atomic E-state index is 14.1. The third-order valence-corrected chi connectivity index (χ3v) is 7.51. The maximum atomic E-state index is 14.1. The summed E-state index contributed by atoms with van der Waals surface area (Å²) in [6.45, 7) is 0.852. The first-order valence-corrected chi connectivity index (χ1v) is 12.0. The number of rotatable bonds is 7. The number of nitrogens with one attached hydrogen (secondary N) is 4. The van der Waals surface area contributed by atoms with Crippen LogP contribution >= 0.6 is 0 Å². The van der Waals surface area contributed by atoms with Gasteiger partial charge in [0.2, 0.25) is 15.9 Å². The number of hydrogen-bond acceptors (Lipinski definition) is 5. The van der Waals surface area contributed by atoms with Gasteiger partial charge in [-0.15, -0.1) is 0 Å². The number of benzene rings is 2. The van der Waals surface area contributed by atoms with Crippen molar-refractivity contribution >= 4 is 15.9 Å². The van der Waals surface area contributed by atoms with Crippen molar-refractivity contribution < 1.29 is 17.6 Å². The van der Waals surface area contributed by atoms with Crippen molar-refractivity contribution in [3.63, 3.8) is 0 Å². The lowest BCUT2D eigenvalue weighted by Crippen LogP contribution is -2.52. The molecule has 0 aromatic heterocycles. The quantitative estimate of drug-likeness (QED) is 0.516. The summed E-state index contributed by atoms with van der Waals surface area (Å²) in [5, 5.41) is 3.03. The fraction of sp³-hybridized carbons (Fsp3) is 0.409. The SMILES string of the molecule is O=C(NC1CCC2NNCC2C1)C(Cc1ccccc1)NS(=O)(=O)c1ccccc1F. The van der Waals surface area contributed by atoms with Gasteiger partial charge in [-0.3, -0.25) is 15.6 Å². The van der Waals surface area contributed by atoms with Gasteiger partial charge in [0.1, 0.15) is 16.8 Å². The van der Waals surface area contributed by atoms with Gasteiger partial charge in [0.25, 0.3) is 0 Å². The van der Waals surface area contributed by atoms with Crippen molar-refractivity contribution in [3.8, 4) is 0 Å². The van der Waals surface area contributed by atoms with Crippen LogP contribution in [0.5, 0.6) is 0 Å². The highest BCUT2D eigenvalue weighted by atomic mass is 32.2. The third-order valence-electron chi connectivity index (χ3n) is 6.00. The van der Waals surface area contributed by atoms with Crippen molar-refractivity contribution in [2.45, 2.75) is 48.7 Å². The fourth-order valence-corrected chi connectivity index (χ4v) is 5.66. The number of hydrogen-bond donors (Lipinski definition) is 4. The molecule has 31 heavy (non-hydrogen) atoms. The minimum absolute atomic E-state index is 0.0216. The molecule has 4 atom stereocenters. The lowest BCUT2D eigenvalue weighted by Gasteiger charge is -2.32. The number of amides is 1. The molecule has 0 radical (unpaired) electrons. The van der Waals surface area contributed by atoms with Gasteiger partial charge in [-0.1, -0.05) is 42.5 Å². The highest BCUT2D eigenvalue weighted by Crippen LogP contribution is 2.27. The van der Waals surface area contributed by atoms with Crippen molar-refractivity contribution in [1.82, 2.24) is 20.9 Å². The largest absolute Gasteiger partial charge is 0.352 e. The van der Waals surface area contributed by atoms with Gasteiger partial charge in [0.15, 0.2) is 0 Å². The molecule has 2 fully saturated rings. The number of halogens is 1. The van der Waals surface area contributed by atoms with Crippen LogP contribution in [0, 0.1) is 11.7 Å². The highest BCUT2D eigenvalue weighted by molar-refractivity contribution is 7.89. The van der Waals surface area contributed by atoms with Crippen LogP contribution in [0.1, 0.15) is 24.8 Å². The number of fused-ring (bicyclic) bond motifs is 1. The van der Waals surface area contributed by atoms with Crippen LogP contribution < -0.4 is 20.9 Å². The Morgan fingerprint density at radius 1 is 1.10 bits per heavy atom. The van der Waals surface area contributed by atoms with Crippen LogP contribution in [0.3, 0.4) is 0 Å². The summed E-state index contributed by atoms with van der Waals surface area (Å²) in [6, 6.07) is 13.7. The van der Waals surface area contributed by atoms with Crippen molar-refractivity contribution in [1.29, 1.82) is 0 Å². The molecular formula is C22H27FN4O3S. The van der Waals surface area contributed by atoms with E-state index in [-0.39, 0.29) is 12.5 Å². The predicted molar refractivity (Wildman–Crippen MR) is 115 cm³/mol. The first kappa shape index (κ1) is 21.9. The smallest absolute Gasteiger partial charge is 0.244 e. The van der Waals surface area contributed by atoms with E-state index in [0.717, 1.165) is 37.4 Å². The van der Waals surface area contributed by atoms with Crippen LogP contribution in [0.15, 0.2) is 59.5 Å². The Morgan fingerprint density at radius 3 is 2.61 bits per heavy atom. The molecule has 1 saturated carbocycles. The Labute approximate surface area is 181 Å². The standard InChI is InChI=1S/C22H27FN4O3S/c23-18-8-4-5-9-21(18)31(29,30)27-20(12-15-6-2-1-3-7-15)22(28)25-17-10-11-19-16(13-17)14-24-26-19/h1-9,16-17,19-20,24,26-27H,10-14H2,(H,25,28). The Kier molecular flexibility index (Phi) is 6.66. The summed E-state index contributed by atoms with van der Waals surface area (Å²) in [7, 11) is -4.22. The van der Waals surface area contributed by atoms with E-state index in [0.29, 0.717) is 12.0 Å². The molecule has 4 unspecified atom stereocenters. The second-order valence-corrected chi connectivity index (χ2v) is 9.89. The van der Waals surface area contributed by atoms with E-state index >= 15 is 0 Å². The van der Waals surface area contributed by atoms with Crippen LogP contribution in [0.25, 0.3) is 0 Å². The zero-order valence-electron chi connectivity index (χ0n) is 17.1. The van der Waals surface area contributed by atoms with E-state index in [2.05, 4.69) is 20.9 Å². The molecule has 2 aromatic carbocycles. The highest BCUT2D eigenvalue weighted by Gasteiger charge is 2.36. The monoisotopic (exact) mass is 446 g/mol. The van der Waals surface area contributed by atoms with E-state index in [4.69, 9.17) is 0 Å². The summed E-state index contributed by atoms with van der Waals surface area (Å²) >= 11 is 0. The van der Waals surface area contributed by atoms with Crippen molar-refractivity contribution in [2.75, 3.05) is 6.54 Å². The Hall–Kier alpha value is -2.33. The average molecular weight is 447 g/mol. The van der Waals surface area contributed by atoms with Gasteiger partial charge in [0, 0.05) is 18.6 Å². The van der Waals surface area contributed by atoms with Crippen LogP contribution in [-0.2, 0) is 21.2 Å². The van der Waals surface area contributed by atoms with Gasteiger partial charge in [0.05, 0.1) is 0 Å². The second-order valence-electron chi connectivity index (χ2n) is 8.20. The van der Waals surface area contributed by atoms with Gasteiger partial charge in [-0.05, 0) is 49.3 Å². The van der Waals surface area contributed by atoms with Gasteiger partial charge in [-0.2, -0.15) is 4.72 Å². The summed E-state index contributed by atoms with van der Waals surface area (Å²) in [5.41, 5.74) is 7.22. The molecule has 1 saturated heterocycles. The fourth-order valence-electron chi connectivity index (χ4n) is 4.38. The molecule has 1 aliphatic heterocycles. The molecule has 1 aliphatic carbocycles. The van der Waals surface area contributed by atoms with E-state index < -0.39 is 32.7 Å². The molecule has 9 heteroatoms. The van der Waals surface area contributed by atoms with Gasteiger partial charge in [-0.25, -0.2) is 12.8 Å². The zero-order chi connectivity index (χ0) is 21.8. The molecule has 1 heterocycles. The van der Waals surface area contributed by atoms with Crippen LogP contribution in [0.2, 0.25) is 0 Å². The molecule has 0 bridgehead atoms. The van der Waals surface area contributed by atoms with E-state index in [1.807, 2.05) is 30.3 Å². The second kappa shape index (κ2) is 9.44. The Bertz CT molecular complexity index is 1020. The van der Waals surface area contributed by atoms with Gasteiger partial charge < -0.3 is 5.32 Å². The average Bonchev–Trinajstić information content (AvgIpc) is 3.22. The topological polar surface area (TPSA) is 99.3 Å². The molecule has 7 nitrogen and oxygen atoms in total. The minimum Gasteiger partial charge on any atom is -0.352 e. The third kappa shape index (κ3) is 5.30. The molecule has 0 spiro atoms. The first-order valence-electron chi connectivity index (χ1n) is 10.5. The molecule has 4 rings (SSSR count). The van der Waals surface area contributed by atoms with Crippen molar-refractivity contribution in [2.24, 2.45) is 5.92 Å². The van der Waals surface area contributed by atoms with Crippen LogP contribution in [-0.4, -0.2) is 39.0 Å². The zero-order valence-corrected chi connectivity index (χ0v) is 17.9. The molecular weight excluding hydrogens is 419 g/mol. The Morgan fingerprint density at radius 2 is 1.84 bits per heavy atom. The van der Waals surface area contributed by atoms with Crippen LogP contribution in [0.4, 0.5) is 4.39 Å². The minimum atomic E-state index is -4.22. The molecule has 2 aliphatic rings. The molecule has 166 valence electrons. The maximum Gasteiger partial charge on any atom is 0.244 e. The summed E-state index contributed by atoms with van der Waals surface area (Å²) < 4.78 is 42.3. The normalized spacial score (nSPS) is 24.4. The van der Waals surface area contributed by atoms with Crippen molar-refractivity contribution in [3.05, 3.63) is 66.0 Å².